The second-order valence-corrected chi connectivity index (χ2v) is 4.53. The lowest BCUT2D eigenvalue weighted by Crippen LogP contribution is -2.21. The van der Waals surface area contributed by atoms with Gasteiger partial charge in [-0.25, -0.2) is 9.66 Å². The standard InChI is InChI=1S/C10H18N4/c1-7-13-8(9(11)14(7)12)10(2)5-3-4-6-10/h3-6,11-12H2,1-2H3. The molecule has 0 amide bonds. The Balaban J connectivity index is 2.45. The highest BCUT2D eigenvalue weighted by Gasteiger charge is 2.35. The van der Waals surface area contributed by atoms with E-state index in [1.165, 1.54) is 30.4 Å². The van der Waals surface area contributed by atoms with Crippen LogP contribution in [0.4, 0.5) is 5.82 Å². The van der Waals surface area contributed by atoms with Gasteiger partial charge in [-0.2, -0.15) is 0 Å². The van der Waals surface area contributed by atoms with Crippen molar-refractivity contribution in [3.63, 3.8) is 0 Å². The van der Waals surface area contributed by atoms with Crippen molar-refractivity contribution in [3.05, 3.63) is 11.5 Å². The van der Waals surface area contributed by atoms with Crippen LogP contribution in [0.2, 0.25) is 0 Å². The van der Waals surface area contributed by atoms with Crippen molar-refractivity contribution < 1.29 is 0 Å². The van der Waals surface area contributed by atoms with Gasteiger partial charge in [0, 0.05) is 5.41 Å². The Morgan fingerprint density at radius 1 is 1.36 bits per heavy atom. The Morgan fingerprint density at radius 2 is 1.93 bits per heavy atom. The van der Waals surface area contributed by atoms with E-state index >= 15 is 0 Å². The van der Waals surface area contributed by atoms with Gasteiger partial charge in [-0.05, 0) is 19.8 Å². The molecule has 0 bridgehead atoms. The third kappa shape index (κ3) is 1.17. The summed E-state index contributed by atoms with van der Waals surface area (Å²) in [4.78, 5) is 4.48. The number of hydrogen-bond donors (Lipinski definition) is 2. The molecular weight excluding hydrogens is 176 g/mol. The molecule has 1 heterocycles. The predicted octanol–water partition coefficient (Wildman–Crippen LogP) is 1.32. The first-order chi connectivity index (χ1) is 6.54. The van der Waals surface area contributed by atoms with Gasteiger partial charge in [0.25, 0.3) is 0 Å². The van der Waals surface area contributed by atoms with E-state index in [0.717, 1.165) is 11.5 Å². The molecule has 1 saturated carbocycles. The van der Waals surface area contributed by atoms with E-state index in [-0.39, 0.29) is 5.41 Å². The summed E-state index contributed by atoms with van der Waals surface area (Å²) < 4.78 is 1.49. The lowest BCUT2D eigenvalue weighted by atomic mass is 9.85. The average molecular weight is 194 g/mol. The lowest BCUT2D eigenvalue weighted by Gasteiger charge is -2.21. The predicted molar refractivity (Wildman–Crippen MR) is 57.3 cm³/mol. The van der Waals surface area contributed by atoms with Crippen LogP contribution in [0, 0.1) is 6.92 Å². The smallest absolute Gasteiger partial charge is 0.146 e. The molecule has 0 unspecified atom stereocenters. The normalized spacial score (nSPS) is 20.1. The Morgan fingerprint density at radius 3 is 2.36 bits per heavy atom. The quantitative estimate of drug-likeness (QED) is 0.662. The molecule has 4 N–H and O–H groups in total. The largest absolute Gasteiger partial charge is 0.382 e. The van der Waals surface area contributed by atoms with Gasteiger partial charge < -0.3 is 11.6 Å². The van der Waals surface area contributed by atoms with Gasteiger partial charge in [-0.3, -0.25) is 0 Å². The zero-order chi connectivity index (χ0) is 10.3. The summed E-state index contributed by atoms with van der Waals surface area (Å²) in [5, 5.41) is 0. The van der Waals surface area contributed by atoms with Gasteiger partial charge in [-0.1, -0.05) is 19.8 Å². The van der Waals surface area contributed by atoms with Crippen LogP contribution >= 0.6 is 0 Å². The summed E-state index contributed by atoms with van der Waals surface area (Å²) >= 11 is 0. The Bertz CT molecular complexity index is 347. The van der Waals surface area contributed by atoms with Crippen LogP contribution in [-0.4, -0.2) is 9.66 Å². The van der Waals surface area contributed by atoms with Crippen LogP contribution in [0.1, 0.15) is 44.1 Å². The lowest BCUT2D eigenvalue weighted by molar-refractivity contribution is 0.479. The maximum absolute atomic E-state index is 5.94. The molecule has 1 fully saturated rings. The Hall–Kier alpha value is -1.19. The van der Waals surface area contributed by atoms with Crippen LogP contribution in [0.3, 0.4) is 0 Å². The third-order valence-electron chi connectivity index (χ3n) is 3.40. The SMILES string of the molecule is Cc1nc(C2(C)CCCC2)c(N)n1N. The molecule has 2 rings (SSSR count). The van der Waals surface area contributed by atoms with Crippen LogP contribution in [0.5, 0.6) is 0 Å². The molecule has 4 heteroatoms. The Labute approximate surface area is 84.3 Å². The van der Waals surface area contributed by atoms with Crippen molar-refractivity contribution in [3.8, 4) is 0 Å². The van der Waals surface area contributed by atoms with E-state index in [4.69, 9.17) is 11.6 Å². The van der Waals surface area contributed by atoms with Crippen LogP contribution < -0.4 is 11.6 Å². The summed E-state index contributed by atoms with van der Waals surface area (Å²) in [6.45, 7) is 4.12. The molecular formula is C10H18N4. The molecule has 0 saturated heterocycles. The van der Waals surface area contributed by atoms with Crippen molar-refractivity contribution in [1.29, 1.82) is 0 Å². The highest BCUT2D eigenvalue weighted by Crippen LogP contribution is 2.42. The first kappa shape index (κ1) is 9.37. The highest BCUT2D eigenvalue weighted by molar-refractivity contribution is 5.43. The fourth-order valence-electron chi connectivity index (χ4n) is 2.40. The number of rotatable bonds is 1. The number of anilines is 1. The zero-order valence-corrected chi connectivity index (χ0v) is 8.88. The van der Waals surface area contributed by atoms with Crippen LogP contribution in [-0.2, 0) is 5.41 Å². The third-order valence-corrected chi connectivity index (χ3v) is 3.40. The maximum atomic E-state index is 5.94. The number of nitrogen functional groups attached to an aromatic ring is 2. The maximum Gasteiger partial charge on any atom is 0.146 e. The van der Waals surface area contributed by atoms with Crippen molar-refractivity contribution in [2.45, 2.75) is 44.9 Å². The average Bonchev–Trinajstić information content (AvgIpc) is 2.67. The molecule has 78 valence electrons. The van der Waals surface area contributed by atoms with Gasteiger partial charge in [0.05, 0.1) is 5.69 Å². The summed E-state index contributed by atoms with van der Waals surface area (Å²) in [6.07, 6.45) is 4.89. The molecule has 1 aliphatic rings. The first-order valence-corrected chi connectivity index (χ1v) is 5.15. The minimum atomic E-state index is 0.152. The van der Waals surface area contributed by atoms with E-state index in [1.54, 1.807) is 0 Å². The molecule has 1 aromatic heterocycles. The second kappa shape index (κ2) is 2.90. The number of nitrogens with two attached hydrogens (primary N) is 2. The van der Waals surface area contributed by atoms with Crippen LogP contribution in [0.15, 0.2) is 0 Å². The topological polar surface area (TPSA) is 69.9 Å². The number of nitrogens with zero attached hydrogens (tertiary/aromatic N) is 2. The molecule has 0 spiro atoms. The first-order valence-electron chi connectivity index (χ1n) is 5.15. The fraction of sp³-hybridized carbons (Fsp3) is 0.700. The molecule has 0 radical (unpaired) electrons. The number of imidazole rings is 1. The summed E-state index contributed by atoms with van der Waals surface area (Å²) in [7, 11) is 0. The summed E-state index contributed by atoms with van der Waals surface area (Å²) in [5.41, 5.74) is 7.09. The number of aryl methyl sites for hydroxylation is 1. The molecule has 1 aromatic rings. The summed E-state index contributed by atoms with van der Waals surface area (Å²) in [6, 6.07) is 0. The molecule has 1 aliphatic carbocycles. The van der Waals surface area contributed by atoms with Gasteiger partial charge in [-0.15, -0.1) is 0 Å². The summed E-state index contributed by atoms with van der Waals surface area (Å²) in [5.74, 6) is 7.19. The zero-order valence-electron chi connectivity index (χ0n) is 8.88. The molecule has 0 aromatic carbocycles. The van der Waals surface area contributed by atoms with Crippen molar-refractivity contribution in [2.24, 2.45) is 0 Å². The van der Waals surface area contributed by atoms with E-state index < -0.39 is 0 Å². The second-order valence-electron chi connectivity index (χ2n) is 4.53. The fourth-order valence-corrected chi connectivity index (χ4v) is 2.40. The van der Waals surface area contributed by atoms with Crippen LogP contribution in [0.25, 0.3) is 0 Å². The molecule has 0 atom stereocenters. The minimum absolute atomic E-state index is 0.152. The van der Waals surface area contributed by atoms with Gasteiger partial charge in [0.15, 0.2) is 0 Å². The Kier molecular flexibility index (Phi) is 1.94. The molecule has 4 nitrogen and oxygen atoms in total. The highest BCUT2D eigenvalue weighted by atomic mass is 15.4. The van der Waals surface area contributed by atoms with E-state index in [0.29, 0.717) is 5.82 Å². The molecule has 14 heavy (non-hydrogen) atoms. The monoisotopic (exact) mass is 194 g/mol. The minimum Gasteiger partial charge on any atom is -0.382 e. The van der Waals surface area contributed by atoms with E-state index in [2.05, 4.69) is 11.9 Å². The van der Waals surface area contributed by atoms with E-state index in [1.807, 2.05) is 6.92 Å². The number of aromatic nitrogens is 2. The molecule has 0 aliphatic heterocycles. The van der Waals surface area contributed by atoms with Crippen molar-refractivity contribution in [1.82, 2.24) is 9.66 Å². The number of hydrogen-bond acceptors (Lipinski definition) is 3. The van der Waals surface area contributed by atoms with Gasteiger partial charge >= 0.3 is 0 Å². The van der Waals surface area contributed by atoms with E-state index in [9.17, 15) is 0 Å². The van der Waals surface area contributed by atoms with Crippen molar-refractivity contribution in [2.75, 3.05) is 11.6 Å². The van der Waals surface area contributed by atoms with Crippen molar-refractivity contribution >= 4 is 5.82 Å². The van der Waals surface area contributed by atoms with Gasteiger partial charge in [0.2, 0.25) is 0 Å². The van der Waals surface area contributed by atoms with Gasteiger partial charge in [0.1, 0.15) is 11.6 Å².